The zero-order chi connectivity index (χ0) is 13.1. The van der Waals surface area contributed by atoms with Crippen molar-refractivity contribution in [2.75, 3.05) is 0 Å². The molecule has 6 atom stereocenters. The molecule has 3 nitrogen and oxygen atoms in total. The summed E-state index contributed by atoms with van der Waals surface area (Å²) in [5.41, 5.74) is 0. The molecular formula is C15H18O3S. The summed E-state index contributed by atoms with van der Waals surface area (Å²) < 4.78 is 0. The Morgan fingerprint density at radius 3 is 2.26 bits per heavy atom. The minimum Gasteiger partial charge on any atom is -0.290 e. The molecule has 4 rings (SSSR count). The van der Waals surface area contributed by atoms with Crippen LogP contribution >= 0.6 is 11.8 Å². The highest BCUT2D eigenvalue weighted by Gasteiger charge is 2.57. The standard InChI is InChI=1S/C15H18O3S/c16-13-9-5-8-7-3-1-2-4-11(7)19-12(8)6-10(9)14(17)15(13)18/h7-12H,1-6H2. The Kier molecular flexibility index (Phi) is 2.66. The van der Waals surface area contributed by atoms with Gasteiger partial charge >= 0.3 is 0 Å². The smallest absolute Gasteiger partial charge is 0.264 e. The molecule has 0 N–H and O–H groups in total. The van der Waals surface area contributed by atoms with E-state index in [0.29, 0.717) is 11.2 Å². The van der Waals surface area contributed by atoms with Crippen molar-refractivity contribution in [3.63, 3.8) is 0 Å². The Morgan fingerprint density at radius 2 is 1.47 bits per heavy atom. The van der Waals surface area contributed by atoms with Gasteiger partial charge in [-0.05, 0) is 37.5 Å². The average molecular weight is 278 g/mol. The molecule has 0 bridgehead atoms. The predicted octanol–water partition coefficient (Wildman–Crippen LogP) is 2.02. The van der Waals surface area contributed by atoms with Crippen molar-refractivity contribution < 1.29 is 14.4 Å². The fraction of sp³-hybridized carbons (Fsp3) is 0.800. The molecule has 6 unspecified atom stereocenters. The normalized spacial score (nSPS) is 48.9. The highest BCUT2D eigenvalue weighted by molar-refractivity contribution is 8.00. The van der Waals surface area contributed by atoms with E-state index in [0.717, 1.165) is 24.0 Å². The minimum absolute atomic E-state index is 0.262. The fourth-order valence-electron chi connectivity index (χ4n) is 4.85. The molecule has 19 heavy (non-hydrogen) atoms. The lowest BCUT2D eigenvalue weighted by atomic mass is 9.67. The van der Waals surface area contributed by atoms with Gasteiger partial charge in [0.15, 0.2) is 0 Å². The maximum atomic E-state index is 11.9. The number of hydrogen-bond donors (Lipinski definition) is 0. The summed E-state index contributed by atoms with van der Waals surface area (Å²) in [5.74, 6) is -0.680. The van der Waals surface area contributed by atoms with E-state index in [-0.39, 0.29) is 23.4 Å². The number of Topliss-reactive ketones (excluding diaryl/α,β-unsaturated/α-hetero) is 3. The third-order valence-electron chi connectivity index (χ3n) is 5.75. The van der Waals surface area contributed by atoms with Gasteiger partial charge in [0.25, 0.3) is 5.78 Å². The van der Waals surface area contributed by atoms with E-state index in [1.165, 1.54) is 25.7 Å². The quantitative estimate of drug-likeness (QED) is 0.636. The van der Waals surface area contributed by atoms with Crippen LogP contribution in [0.25, 0.3) is 0 Å². The minimum atomic E-state index is -0.708. The highest BCUT2D eigenvalue weighted by Crippen LogP contribution is 2.57. The van der Waals surface area contributed by atoms with Crippen molar-refractivity contribution >= 4 is 29.1 Å². The highest BCUT2D eigenvalue weighted by atomic mass is 32.2. The SMILES string of the molecule is O=C1C(=O)C2CC3SC4CCCCC4C3CC2C1=O. The molecule has 3 saturated carbocycles. The number of ketones is 3. The molecule has 102 valence electrons. The van der Waals surface area contributed by atoms with Crippen LogP contribution in [0.3, 0.4) is 0 Å². The molecule has 0 aromatic carbocycles. The van der Waals surface area contributed by atoms with E-state index in [4.69, 9.17) is 0 Å². The first kappa shape index (κ1) is 12.1. The van der Waals surface area contributed by atoms with Gasteiger partial charge in [0, 0.05) is 22.3 Å². The molecule has 1 aliphatic heterocycles. The van der Waals surface area contributed by atoms with Crippen molar-refractivity contribution in [1.29, 1.82) is 0 Å². The van der Waals surface area contributed by atoms with Gasteiger partial charge in [-0.1, -0.05) is 12.8 Å². The van der Waals surface area contributed by atoms with Crippen LogP contribution in [0.5, 0.6) is 0 Å². The number of carbonyl (C=O) groups is 3. The molecule has 4 fully saturated rings. The summed E-state index contributed by atoms with van der Waals surface area (Å²) in [6, 6.07) is 0. The van der Waals surface area contributed by atoms with Crippen LogP contribution in [-0.4, -0.2) is 27.8 Å². The number of rotatable bonds is 0. The van der Waals surface area contributed by atoms with Gasteiger partial charge < -0.3 is 0 Å². The maximum absolute atomic E-state index is 11.9. The third kappa shape index (κ3) is 1.61. The number of hydrogen-bond acceptors (Lipinski definition) is 4. The van der Waals surface area contributed by atoms with Crippen LogP contribution in [0.15, 0.2) is 0 Å². The van der Waals surface area contributed by atoms with Gasteiger partial charge in [-0.3, -0.25) is 14.4 Å². The van der Waals surface area contributed by atoms with Crippen LogP contribution in [0.2, 0.25) is 0 Å². The van der Waals surface area contributed by atoms with Gasteiger partial charge in [0.05, 0.1) is 0 Å². The van der Waals surface area contributed by atoms with E-state index in [1.807, 2.05) is 0 Å². The monoisotopic (exact) mass is 278 g/mol. The van der Waals surface area contributed by atoms with Gasteiger partial charge in [0.2, 0.25) is 11.6 Å². The largest absolute Gasteiger partial charge is 0.290 e. The second-order valence-corrected chi connectivity index (χ2v) is 8.05. The lowest BCUT2D eigenvalue weighted by Gasteiger charge is -2.35. The molecule has 0 amide bonds. The first-order valence-electron chi connectivity index (χ1n) is 7.44. The van der Waals surface area contributed by atoms with Crippen molar-refractivity contribution in [3.8, 4) is 0 Å². The van der Waals surface area contributed by atoms with Crippen molar-refractivity contribution in [1.82, 2.24) is 0 Å². The number of carbonyl (C=O) groups excluding carboxylic acids is 3. The molecule has 0 aromatic heterocycles. The van der Waals surface area contributed by atoms with Gasteiger partial charge in [-0.15, -0.1) is 0 Å². The Bertz CT molecular complexity index is 472. The molecule has 0 radical (unpaired) electrons. The van der Waals surface area contributed by atoms with Crippen LogP contribution in [0.4, 0.5) is 0 Å². The topological polar surface area (TPSA) is 51.2 Å². The summed E-state index contributed by atoms with van der Waals surface area (Å²) in [7, 11) is 0. The van der Waals surface area contributed by atoms with Gasteiger partial charge in [-0.25, -0.2) is 0 Å². The van der Waals surface area contributed by atoms with Gasteiger partial charge in [0.1, 0.15) is 0 Å². The van der Waals surface area contributed by atoms with Crippen molar-refractivity contribution in [3.05, 3.63) is 0 Å². The average Bonchev–Trinajstić information content (AvgIpc) is 2.89. The molecule has 4 heteroatoms. The van der Waals surface area contributed by atoms with Crippen molar-refractivity contribution in [2.45, 2.75) is 49.0 Å². The van der Waals surface area contributed by atoms with Crippen molar-refractivity contribution in [2.24, 2.45) is 23.7 Å². The summed E-state index contributed by atoms with van der Waals surface area (Å²) in [5, 5.41) is 1.28. The van der Waals surface area contributed by atoms with E-state index in [1.54, 1.807) is 0 Å². The summed E-state index contributed by atoms with van der Waals surface area (Å²) in [4.78, 5) is 35.4. The maximum Gasteiger partial charge on any atom is 0.264 e. The molecule has 0 aromatic rings. The molecule has 0 spiro atoms. The van der Waals surface area contributed by atoms with Crippen LogP contribution in [-0.2, 0) is 14.4 Å². The molecule has 4 aliphatic rings. The zero-order valence-electron chi connectivity index (χ0n) is 10.8. The lowest BCUT2D eigenvalue weighted by molar-refractivity contribution is -0.141. The summed E-state index contributed by atoms with van der Waals surface area (Å²) >= 11 is 2.06. The first-order valence-corrected chi connectivity index (χ1v) is 8.39. The molecule has 3 aliphatic carbocycles. The van der Waals surface area contributed by atoms with E-state index in [9.17, 15) is 14.4 Å². The number of fused-ring (bicyclic) bond motifs is 4. The Morgan fingerprint density at radius 1 is 0.789 bits per heavy atom. The van der Waals surface area contributed by atoms with E-state index >= 15 is 0 Å². The first-order chi connectivity index (χ1) is 9.16. The lowest BCUT2D eigenvalue weighted by Crippen LogP contribution is -2.36. The Labute approximate surface area is 116 Å². The Balaban J connectivity index is 1.61. The van der Waals surface area contributed by atoms with Crippen LogP contribution in [0.1, 0.15) is 38.5 Å². The second kappa shape index (κ2) is 4.18. The van der Waals surface area contributed by atoms with E-state index in [2.05, 4.69) is 11.8 Å². The van der Waals surface area contributed by atoms with E-state index < -0.39 is 5.78 Å². The molecule has 1 saturated heterocycles. The Hall–Kier alpha value is -0.640. The third-order valence-corrected chi connectivity index (χ3v) is 7.58. The van der Waals surface area contributed by atoms with Gasteiger partial charge in [-0.2, -0.15) is 11.8 Å². The van der Waals surface area contributed by atoms with Crippen LogP contribution in [0, 0.1) is 23.7 Å². The fourth-order valence-corrected chi connectivity index (χ4v) is 6.98. The molecule has 1 heterocycles. The number of thioether (sulfide) groups is 1. The predicted molar refractivity (Wildman–Crippen MR) is 71.9 cm³/mol. The zero-order valence-corrected chi connectivity index (χ0v) is 11.7. The molecular weight excluding hydrogens is 260 g/mol. The summed E-state index contributed by atoms with van der Waals surface area (Å²) in [6.45, 7) is 0. The van der Waals surface area contributed by atoms with Crippen LogP contribution < -0.4 is 0 Å². The second-order valence-electron chi connectivity index (χ2n) is 6.57. The summed E-state index contributed by atoms with van der Waals surface area (Å²) in [6.07, 6.45) is 6.82.